The average molecular weight is 624 g/mol. The normalized spacial score (nSPS) is 14.0. The van der Waals surface area contributed by atoms with Gasteiger partial charge in [-0.1, -0.05) is 42.7 Å². The minimum Gasteiger partial charge on any atom is -0.497 e. The number of ether oxygens (including phenoxy) is 3. The van der Waals surface area contributed by atoms with Crippen LogP contribution in [0.15, 0.2) is 71.6 Å². The summed E-state index contributed by atoms with van der Waals surface area (Å²) < 4.78 is 45.3. The SMILES string of the molecule is COc1ccc(CN(C(=O)CN(c2ccc(OC)c(OC)c2)S(=O)(=O)c2ccc(C)cc2)[C@H](C)C(=O)NC2CCCC2)cc1. The second-order valence-corrected chi connectivity index (χ2v) is 12.8. The van der Waals surface area contributed by atoms with E-state index in [1.165, 1.54) is 37.3 Å². The van der Waals surface area contributed by atoms with Gasteiger partial charge in [0.1, 0.15) is 18.3 Å². The van der Waals surface area contributed by atoms with Crippen LogP contribution in [0.1, 0.15) is 43.7 Å². The van der Waals surface area contributed by atoms with Crippen LogP contribution < -0.4 is 23.8 Å². The first-order valence-electron chi connectivity index (χ1n) is 14.6. The molecule has 0 aromatic heterocycles. The van der Waals surface area contributed by atoms with Crippen LogP contribution in [0.25, 0.3) is 0 Å². The molecule has 0 spiro atoms. The number of anilines is 1. The molecule has 0 bridgehead atoms. The fraction of sp³-hybridized carbons (Fsp3) is 0.394. The summed E-state index contributed by atoms with van der Waals surface area (Å²) in [5.74, 6) is 0.551. The number of sulfonamides is 1. The monoisotopic (exact) mass is 623 g/mol. The van der Waals surface area contributed by atoms with Gasteiger partial charge in [0.25, 0.3) is 10.0 Å². The van der Waals surface area contributed by atoms with E-state index in [0.29, 0.717) is 17.2 Å². The molecule has 3 aromatic carbocycles. The number of carbonyl (C=O) groups excluding carboxylic acids is 2. The van der Waals surface area contributed by atoms with Crippen LogP contribution in [0, 0.1) is 6.92 Å². The zero-order valence-corrected chi connectivity index (χ0v) is 26.7. The number of amides is 2. The molecule has 0 unspecified atom stereocenters. The van der Waals surface area contributed by atoms with Crippen LogP contribution in [0.4, 0.5) is 5.69 Å². The summed E-state index contributed by atoms with van der Waals surface area (Å²) in [6.45, 7) is 3.07. The number of nitrogens with zero attached hydrogens (tertiary/aromatic N) is 2. The maximum absolute atomic E-state index is 14.2. The van der Waals surface area contributed by atoms with Crippen molar-refractivity contribution in [3.8, 4) is 17.2 Å². The highest BCUT2D eigenvalue weighted by atomic mass is 32.2. The third-order valence-electron chi connectivity index (χ3n) is 7.92. The van der Waals surface area contributed by atoms with Gasteiger partial charge in [-0.25, -0.2) is 8.42 Å². The Morgan fingerprint density at radius 2 is 1.52 bits per heavy atom. The highest BCUT2D eigenvalue weighted by Gasteiger charge is 2.33. The van der Waals surface area contributed by atoms with Crippen LogP contribution in [0.5, 0.6) is 17.2 Å². The minimum atomic E-state index is -4.22. The highest BCUT2D eigenvalue weighted by Crippen LogP contribution is 2.34. The summed E-state index contributed by atoms with van der Waals surface area (Å²) in [6, 6.07) is 17.5. The molecule has 1 aliphatic carbocycles. The molecule has 11 heteroatoms. The van der Waals surface area contributed by atoms with Gasteiger partial charge in [-0.3, -0.25) is 13.9 Å². The molecule has 0 aliphatic heterocycles. The van der Waals surface area contributed by atoms with Crippen LogP contribution >= 0.6 is 0 Å². The molecule has 0 saturated heterocycles. The lowest BCUT2D eigenvalue weighted by Gasteiger charge is -2.32. The van der Waals surface area contributed by atoms with Crippen molar-refractivity contribution in [1.82, 2.24) is 10.2 Å². The molecule has 1 N–H and O–H groups in total. The quantitative estimate of drug-likeness (QED) is 0.294. The number of rotatable bonds is 13. The van der Waals surface area contributed by atoms with E-state index >= 15 is 0 Å². The van der Waals surface area contributed by atoms with Crippen LogP contribution in [0.2, 0.25) is 0 Å². The van der Waals surface area contributed by atoms with Crippen LogP contribution in [-0.4, -0.2) is 65.1 Å². The second kappa shape index (κ2) is 14.5. The Balaban J connectivity index is 1.72. The number of hydrogen-bond donors (Lipinski definition) is 1. The van der Waals surface area contributed by atoms with Gasteiger partial charge in [0.05, 0.1) is 31.9 Å². The first kappa shape index (κ1) is 32.7. The number of aryl methyl sites for hydroxylation is 1. The van der Waals surface area contributed by atoms with Gasteiger partial charge in [0.2, 0.25) is 11.8 Å². The van der Waals surface area contributed by atoms with Crippen molar-refractivity contribution in [1.29, 1.82) is 0 Å². The van der Waals surface area contributed by atoms with E-state index in [2.05, 4.69) is 5.32 Å². The van der Waals surface area contributed by atoms with Crippen molar-refractivity contribution in [2.45, 2.75) is 63.1 Å². The third kappa shape index (κ3) is 7.63. The molecule has 0 heterocycles. The smallest absolute Gasteiger partial charge is 0.264 e. The van der Waals surface area contributed by atoms with E-state index in [1.807, 2.05) is 19.1 Å². The van der Waals surface area contributed by atoms with Crippen LogP contribution in [0.3, 0.4) is 0 Å². The fourth-order valence-electron chi connectivity index (χ4n) is 5.25. The number of methoxy groups -OCH3 is 3. The number of nitrogens with one attached hydrogen (secondary N) is 1. The molecule has 1 fully saturated rings. The number of carbonyl (C=O) groups is 2. The van der Waals surface area contributed by atoms with E-state index in [-0.39, 0.29) is 29.1 Å². The van der Waals surface area contributed by atoms with Crippen molar-refractivity contribution >= 4 is 27.5 Å². The maximum atomic E-state index is 14.2. The first-order chi connectivity index (χ1) is 21.1. The van der Waals surface area contributed by atoms with Gasteiger partial charge in [-0.2, -0.15) is 0 Å². The minimum absolute atomic E-state index is 0.0272. The summed E-state index contributed by atoms with van der Waals surface area (Å²) in [5.41, 5.74) is 1.87. The lowest BCUT2D eigenvalue weighted by molar-refractivity contribution is -0.139. The van der Waals surface area contributed by atoms with Crippen LogP contribution in [-0.2, 0) is 26.2 Å². The van der Waals surface area contributed by atoms with Crippen molar-refractivity contribution in [2.24, 2.45) is 0 Å². The molecule has 10 nitrogen and oxygen atoms in total. The van der Waals surface area contributed by atoms with E-state index in [9.17, 15) is 18.0 Å². The Labute approximate surface area is 260 Å². The first-order valence-corrected chi connectivity index (χ1v) is 16.1. The van der Waals surface area contributed by atoms with Gasteiger partial charge in [-0.05, 0) is 68.7 Å². The summed E-state index contributed by atoms with van der Waals surface area (Å²) in [4.78, 5) is 29.1. The average Bonchev–Trinajstić information content (AvgIpc) is 3.55. The summed E-state index contributed by atoms with van der Waals surface area (Å²) >= 11 is 0. The molecule has 236 valence electrons. The van der Waals surface area contributed by atoms with Gasteiger partial charge in [0, 0.05) is 18.7 Å². The zero-order chi connectivity index (χ0) is 31.9. The summed E-state index contributed by atoms with van der Waals surface area (Å²) in [7, 11) is 0.283. The maximum Gasteiger partial charge on any atom is 0.264 e. The third-order valence-corrected chi connectivity index (χ3v) is 9.71. The molecule has 1 atom stereocenters. The molecule has 3 aromatic rings. The second-order valence-electron chi connectivity index (χ2n) is 10.9. The predicted octanol–water partition coefficient (Wildman–Crippen LogP) is 4.69. The molecule has 2 amide bonds. The highest BCUT2D eigenvalue weighted by molar-refractivity contribution is 7.92. The summed E-state index contributed by atoms with van der Waals surface area (Å²) in [5, 5.41) is 3.08. The van der Waals surface area contributed by atoms with Crippen molar-refractivity contribution < 1.29 is 32.2 Å². The van der Waals surface area contributed by atoms with Gasteiger partial charge >= 0.3 is 0 Å². The van der Waals surface area contributed by atoms with Gasteiger partial charge in [0.15, 0.2) is 11.5 Å². The Morgan fingerprint density at radius 3 is 2.11 bits per heavy atom. The zero-order valence-electron chi connectivity index (χ0n) is 25.9. The fourth-order valence-corrected chi connectivity index (χ4v) is 6.65. The summed E-state index contributed by atoms with van der Waals surface area (Å²) in [6.07, 6.45) is 3.88. The van der Waals surface area contributed by atoms with Crippen molar-refractivity contribution in [3.05, 3.63) is 77.9 Å². The topological polar surface area (TPSA) is 114 Å². The largest absolute Gasteiger partial charge is 0.497 e. The Morgan fingerprint density at radius 1 is 0.886 bits per heavy atom. The lowest BCUT2D eigenvalue weighted by atomic mass is 10.1. The van der Waals surface area contributed by atoms with Crippen molar-refractivity contribution in [3.63, 3.8) is 0 Å². The molecule has 1 saturated carbocycles. The number of hydrogen-bond acceptors (Lipinski definition) is 7. The van der Waals surface area contributed by atoms with E-state index in [1.54, 1.807) is 50.4 Å². The van der Waals surface area contributed by atoms with Gasteiger partial charge < -0.3 is 24.4 Å². The van der Waals surface area contributed by atoms with E-state index in [4.69, 9.17) is 14.2 Å². The van der Waals surface area contributed by atoms with Gasteiger partial charge in [-0.15, -0.1) is 0 Å². The molecule has 0 radical (unpaired) electrons. The molecule has 4 rings (SSSR count). The van der Waals surface area contributed by atoms with Crippen molar-refractivity contribution in [2.75, 3.05) is 32.2 Å². The molecule has 44 heavy (non-hydrogen) atoms. The lowest BCUT2D eigenvalue weighted by Crippen LogP contribution is -2.52. The Bertz CT molecular complexity index is 1540. The Hall–Kier alpha value is -4.25. The standard InChI is InChI=1S/C33H41N3O7S/c1-23-10-17-29(18-11-23)44(39,40)36(27-14-19-30(42-4)31(20-27)43-5)22-32(37)35(21-25-12-15-28(41-3)16-13-25)24(2)33(38)34-26-8-6-7-9-26/h10-20,24,26H,6-9,21-22H2,1-5H3,(H,34,38)/t24-/m1/s1. The van der Waals surface area contributed by atoms with E-state index < -0.39 is 28.5 Å². The predicted molar refractivity (Wildman–Crippen MR) is 169 cm³/mol. The molecular weight excluding hydrogens is 582 g/mol. The number of benzene rings is 3. The molecule has 1 aliphatic rings. The molecular formula is C33H41N3O7S. The Kier molecular flexibility index (Phi) is 10.7. The van der Waals surface area contributed by atoms with E-state index in [0.717, 1.165) is 41.1 Å².